The van der Waals surface area contributed by atoms with Gasteiger partial charge in [0.15, 0.2) is 11.6 Å². The van der Waals surface area contributed by atoms with Crippen LogP contribution in [0.1, 0.15) is 45.5 Å². The molecule has 0 aliphatic rings. The van der Waals surface area contributed by atoms with Crippen LogP contribution in [-0.2, 0) is 0 Å². The summed E-state index contributed by atoms with van der Waals surface area (Å²) in [6.07, 6.45) is 4.28. The van der Waals surface area contributed by atoms with Crippen LogP contribution < -0.4 is 4.74 Å². The third-order valence-electron chi connectivity index (χ3n) is 2.30. The van der Waals surface area contributed by atoms with E-state index in [1.165, 1.54) is 0 Å². The highest BCUT2D eigenvalue weighted by Crippen LogP contribution is 2.14. The molecule has 1 aromatic heterocycles. The highest BCUT2D eigenvalue weighted by atomic mass is 16.5. The average molecular weight is 224 g/mol. The van der Waals surface area contributed by atoms with E-state index in [1.54, 1.807) is 12.4 Å². The monoisotopic (exact) mass is 224 g/mol. The van der Waals surface area contributed by atoms with Gasteiger partial charge in [-0.15, -0.1) is 0 Å². The average Bonchev–Trinajstić information content (AvgIpc) is 2.28. The van der Waals surface area contributed by atoms with E-state index in [2.05, 4.69) is 23.8 Å². The number of nitrogens with zero attached hydrogens (tertiary/aromatic N) is 2. The number of aromatic nitrogens is 2. The maximum Gasteiger partial charge on any atom is 0.156 e. The Morgan fingerprint density at radius 3 is 2.44 bits per heavy atom. The molecule has 16 heavy (non-hydrogen) atoms. The van der Waals surface area contributed by atoms with Crippen LogP contribution in [0.3, 0.4) is 0 Å². The number of rotatable bonds is 6. The highest BCUT2D eigenvalue weighted by molar-refractivity contribution is 5.12. The van der Waals surface area contributed by atoms with E-state index in [4.69, 9.17) is 4.74 Å². The second kappa shape index (κ2) is 6.43. The summed E-state index contributed by atoms with van der Waals surface area (Å²) in [6, 6.07) is 0. The van der Waals surface area contributed by atoms with Crippen molar-refractivity contribution in [1.29, 1.82) is 0 Å². The van der Waals surface area contributed by atoms with Crippen LogP contribution in [0.15, 0.2) is 12.4 Å². The molecule has 0 radical (unpaired) electrons. The molecule has 4 heteroatoms. The van der Waals surface area contributed by atoms with E-state index < -0.39 is 6.10 Å². The van der Waals surface area contributed by atoms with Crippen LogP contribution in [0.25, 0.3) is 0 Å². The zero-order chi connectivity index (χ0) is 12.0. The molecule has 0 spiro atoms. The van der Waals surface area contributed by atoms with Gasteiger partial charge >= 0.3 is 0 Å². The van der Waals surface area contributed by atoms with Gasteiger partial charge in [-0.3, -0.25) is 0 Å². The molecule has 0 amide bonds. The topological polar surface area (TPSA) is 55.2 Å². The summed E-state index contributed by atoms with van der Waals surface area (Å²) in [7, 11) is 0. The van der Waals surface area contributed by atoms with Crippen molar-refractivity contribution in [3.05, 3.63) is 18.2 Å². The molecule has 4 nitrogen and oxygen atoms in total. The normalized spacial score (nSPS) is 12.8. The fraction of sp³-hybridized carbons (Fsp3) is 0.667. The lowest BCUT2D eigenvalue weighted by Gasteiger charge is -2.09. The van der Waals surface area contributed by atoms with Crippen molar-refractivity contribution in [2.75, 3.05) is 6.61 Å². The Bertz CT molecular complexity index is 298. The molecule has 1 atom stereocenters. The Balaban J connectivity index is 2.45. The zero-order valence-electron chi connectivity index (χ0n) is 10.2. The van der Waals surface area contributed by atoms with Crippen LogP contribution in [-0.4, -0.2) is 21.7 Å². The van der Waals surface area contributed by atoms with Crippen molar-refractivity contribution in [3.8, 4) is 5.75 Å². The molecule has 1 heterocycles. The lowest BCUT2D eigenvalue weighted by atomic mass is 10.1. The van der Waals surface area contributed by atoms with Crippen LogP contribution in [0.2, 0.25) is 0 Å². The van der Waals surface area contributed by atoms with Crippen molar-refractivity contribution < 1.29 is 9.84 Å². The van der Waals surface area contributed by atoms with Crippen LogP contribution >= 0.6 is 0 Å². The molecule has 1 aromatic rings. The van der Waals surface area contributed by atoms with Crippen molar-refractivity contribution in [2.45, 2.75) is 39.7 Å². The van der Waals surface area contributed by atoms with Crippen LogP contribution in [0, 0.1) is 5.92 Å². The fourth-order valence-electron chi connectivity index (χ4n) is 1.17. The minimum Gasteiger partial charge on any atom is -0.490 e. The number of aliphatic hydroxyl groups excluding tert-OH is 1. The SMILES string of the molecule is CCC(O)c1ncc(OCCC(C)C)cn1. The van der Waals surface area contributed by atoms with Crippen molar-refractivity contribution in [3.63, 3.8) is 0 Å². The van der Waals surface area contributed by atoms with Gasteiger partial charge in [0, 0.05) is 0 Å². The summed E-state index contributed by atoms with van der Waals surface area (Å²) >= 11 is 0. The number of aliphatic hydroxyl groups is 1. The zero-order valence-corrected chi connectivity index (χ0v) is 10.2. The minimum atomic E-state index is -0.579. The van der Waals surface area contributed by atoms with Crippen LogP contribution in [0.5, 0.6) is 5.75 Å². The van der Waals surface area contributed by atoms with E-state index in [0.29, 0.717) is 30.5 Å². The quantitative estimate of drug-likeness (QED) is 0.805. The first-order valence-electron chi connectivity index (χ1n) is 5.76. The van der Waals surface area contributed by atoms with Gasteiger partial charge < -0.3 is 9.84 Å². The summed E-state index contributed by atoms with van der Waals surface area (Å²) in [5.41, 5.74) is 0. The standard InChI is InChI=1S/C12H20N2O2/c1-4-11(15)12-13-7-10(8-14-12)16-6-5-9(2)3/h7-9,11,15H,4-6H2,1-3H3. The van der Waals surface area contributed by atoms with Gasteiger partial charge in [0.1, 0.15) is 6.10 Å². The van der Waals surface area contributed by atoms with Gasteiger partial charge in [-0.2, -0.15) is 0 Å². The number of hydrogen-bond acceptors (Lipinski definition) is 4. The maximum absolute atomic E-state index is 9.50. The molecule has 0 saturated heterocycles. The molecule has 0 aliphatic carbocycles. The van der Waals surface area contributed by atoms with Crippen LogP contribution in [0.4, 0.5) is 0 Å². The van der Waals surface area contributed by atoms with Gasteiger partial charge in [-0.25, -0.2) is 9.97 Å². The molecule has 1 unspecified atom stereocenters. The van der Waals surface area contributed by atoms with Gasteiger partial charge in [0.25, 0.3) is 0 Å². The number of ether oxygens (including phenoxy) is 1. The molecule has 1 rings (SSSR count). The number of hydrogen-bond donors (Lipinski definition) is 1. The Labute approximate surface area is 96.7 Å². The Morgan fingerprint density at radius 2 is 1.94 bits per heavy atom. The fourth-order valence-corrected chi connectivity index (χ4v) is 1.17. The Kier molecular flexibility index (Phi) is 5.19. The lowest BCUT2D eigenvalue weighted by Crippen LogP contribution is -2.05. The minimum absolute atomic E-state index is 0.457. The van der Waals surface area contributed by atoms with Gasteiger partial charge in [0.2, 0.25) is 0 Å². The summed E-state index contributed by atoms with van der Waals surface area (Å²) < 4.78 is 5.48. The van der Waals surface area contributed by atoms with Crippen molar-refractivity contribution >= 4 is 0 Å². The second-order valence-corrected chi connectivity index (χ2v) is 4.23. The van der Waals surface area contributed by atoms with Gasteiger partial charge in [-0.1, -0.05) is 20.8 Å². The summed E-state index contributed by atoms with van der Waals surface area (Å²) in [4.78, 5) is 8.12. The third kappa shape index (κ3) is 4.14. The van der Waals surface area contributed by atoms with E-state index in [0.717, 1.165) is 6.42 Å². The lowest BCUT2D eigenvalue weighted by molar-refractivity contribution is 0.163. The summed E-state index contributed by atoms with van der Waals surface area (Å²) in [5.74, 6) is 1.74. The third-order valence-corrected chi connectivity index (χ3v) is 2.30. The highest BCUT2D eigenvalue weighted by Gasteiger charge is 2.07. The summed E-state index contributed by atoms with van der Waals surface area (Å²) in [5, 5.41) is 9.50. The smallest absolute Gasteiger partial charge is 0.156 e. The van der Waals surface area contributed by atoms with Crippen molar-refractivity contribution in [2.24, 2.45) is 5.92 Å². The summed E-state index contributed by atoms with van der Waals surface area (Å²) in [6.45, 7) is 6.87. The molecule has 0 fully saturated rings. The second-order valence-electron chi connectivity index (χ2n) is 4.23. The maximum atomic E-state index is 9.50. The molecule has 90 valence electrons. The first kappa shape index (κ1) is 12.9. The van der Waals surface area contributed by atoms with Gasteiger partial charge in [-0.05, 0) is 18.8 Å². The van der Waals surface area contributed by atoms with Crippen molar-refractivity contribution in [1.82, 2.24) is 9.97 Å². The first-order valence-corrected chi connectivity index (χ1v) is 5.76. The van der Waals surface area contributed by atoms with Gasteiger partial charge in [0.05, 0.1) is 19.0 Å². The first-order chi connectivity index (χ1) is 7.63. The Hall–Kier alpha value is -1.16. The Morgan fingerprint density at radius 1 is 1.31 bits per heavy atom. The molecule has 0 bridgehead atoms. The molecule has 0 aromatic carbocycles. The van der Waals surface area contributed by atoms with E-state index in [-0.39, 0.29) is 0 Å². The largest absolute Gasteiger partial charge is 0.490 e. The predicted octanol–water partition coefficient (Wildman–Crippen LogP) is 2.34. The molecule has 0 aliphatic heterocycles. The van der Waals surface area contributed by atoms with E-state index >= 15 is 0 Å². The van der Waals surface area contributed by atoms with E-state index in [1.807, 2.05) is 6.92 Å². The molecular formula is C12H20N2O2. The molecular weight excluding hydrogens is 204 g/mol. The predicted molar refractivity (Wildman–Crippen MR) is 62.2 cm³/mol. The van der Waals surface area contributed by atoms with E-state index in [9.17, 15) is 5.11 Å². The molecule has 0 saturated carbocycles. The molecule has 1 N–H and O–H groups in total.